The zero-order chi connectivity index (χ0) is 13.0. The first-order valence-corrected chi connectivity index (χ1v) is 6.23. The number of carbonyl (C=O) groups excluding carboxylic acids is 1. The molecular formula is C13H18N2O3. The number of hydrogen-bond acceptors (Lipinski definition) is 4. The third-order valence-corrected chi connectivity index (χ3v) is 3.75. The van der Waals surface area contributed by atoms with Crippen LogP contribution < -0.4 is 5.32 Å². The molecule has 0 radical (unpaired) electrons. The summed E-state index contributed by atoms with van der Waals surface area (Å²) in [5, 5.41) is 2.98. The molecule has 1 N–H and O–H groups in total. The first-order valence-electron chi connectivity index (χ1n) is 6.23. The van der Waals surface area contributed by atoms with Gasteiger partial charge in [-0.2, -0.15) is 0 Å². The summed E-state index contributed by atoms with van der Waals surface area (Å²) in [6.07, 6.45) is 5.69. The van der Waals surface area contributed by atoms with E-state index in [0.717, 1.165) is 25.0 Å². The van der Waals surface area contributed by atoms with Gasteiger partial charge >= 0.3 is 6.09 Å². The van der Waals surface area contributed by atoms with E-state index in [-0.39, 0.29) is 17.0 Å². The SMILES string of the molecule is CC(C)(C)OC(=O)NC12CC(c3cnco3)(C1)C2. The number of aromatic nitrogens is 1. The van der Waals surface area contributed by atoms with Gasteiger partial charge in [0.2, 0.25) is 0 Å². The van der Waals surface area contributed by atoms with Crippen LogP contribution in [-0.4, -0.2) is 22.2 Å². The van der Waals surface area contributed by atoms with Crippen molar-refractivity contribution in [2.75, 3.05) is 0 Å². The first-order chi connectivity index (χ1) is 8.33. The molecule has 1 amide bonds. The Kier molecular flexibility index (Phi) is 2.10. The van der Waals surface area contributed by atoms with Crippen LogP contribution in [0.2, 0.25) is 0 Å². The number of alkyl carbamates (subject to hydrolysis) is 1. The molecule has 0 aliphatic heterocycles. The molecule has 1 heterocycles. The van der Waals surface area contributed by atoms with E-state index in [1.54, 1.807) is 6.20 Å². The highest BCUT2D eigenvalue weighted by Gasteiger charge is 2.71. The molecule has 0 saturated heterocycles. The van der Waals surface area contributed by atoms with Gasteiger partial charge in [0, 0.05) is 11.0 Å². The average Bonchev–Trinajstić information content (AvgIpc) is 2.57. The fraction of sp³-hybridized carbons (Fsp3) is 0.692. The monoisotopic (exact) mass is 250 g/mol. The predicted octanol–water partition coefficient (Wildman–Crippen LogP) is 2.37. The molecule has 0 atom stereocenters. The second kappa shape index (κ2) is 3.28. The Bertz CT molecular complexity index is 453. The topological polar surface area (TPSA) is 64.4 Å². The van der Waals surface area contributed by atoms with E-state index in [4.69, 9.17) is 9.15 Å². The third-order valence-electron chi connectivity index (χ3n) is 3.75. The summed E-state index contributed by atoms with van der Waals surface area (Å²) < 4.78 is 10.6. The lowest BCUT2D eigenvalue weighted by Crippen LogP contribution is -2.76. The molecule has 1 aromatic rings. The molecule has 0 spiro atoms. The second-order valence-corrected chi connectivity index (χ2v) is 6.58. The number of oxazole rings is 1. The van der Waals surface area contributed by atoms with Crippen molar-refractivity contribution in [2.45, 2.75) is 56.6 Å². The van der Waals surface area contributed by atoms with Crippen LogP contribution in [0.5, 0.6) is 0 Å². The summed E-state index contributed by atoms with van der Waals surface area (Å²) in [6.45, 7) is 5.60. The van der Waals surface area contributed by atoms with Crippen molar-refractivity contribution in [1.82, 2.24) is 10.3 Å². The van der Waals surface area contributed by atoms with Crippen LogP contribution in [0.3, 0.4) is 0 Å². The van der Waals surface area contributed by atoms with E-state index in [2.05, 4.69) is 10.3 Å². The first kappa shape index (κ1) is 11.6. The van der Waals surface area contributed by atoms with Gasteiger partial charge in [0.1, 0.15) is 11.4 Å². The highest BCUT2D eigenvalue weighted by atomic mass is 16.6. The lowest BCUT2D eigenvalue weighted by molar-refractivity contribution is -0.0996. The Morgan fingerprint density at radius 1 is 1.44 bits per heavy atom. The minimum atomic E-state index is -0.448. The lowest BCUT2D eigenvalue weighted by atomic mass is 9.38. The molecule has 3 aliphatic rings. The molecule has 3 fully saturated rings. The largest absolute Gasteiger partial charge is 0.448 e. The molecule has 2 bridgehead atoms. The van der Waals surface area contributed by atoms with E-state index in [0.29, 0.717) is 0 Å². The number of rotatable bonds is 2. The van der Waals surface area contributed by atoms with Crippen molar-refractivity contribution >= 4 is 6.09 Å². The maximum Gasteiger partial charge on any atom is 0.408 e. The molecule has 1 aromatic heterocycles. The number of hydrogen-bond donors (Lipinski definition) is 1. The molecule has 0 unspecified atom stereocenters. The van der Waals surface area contributed by atoms with Crippen LogP contribution in [-0.2, 0) is 10.2 Å². The summed E-state index contributed by atoms with van der Waals surface area (Å²) in [7, 11) is 0. The standard InChI is InChI=1S/C13H18N2O3/c1-11(2,3)18-10(16)15-13-5-12(6-13,7-13)9-4-14-8-17-9/h4,8H,5-7H2,1-3H3,(H,15,16). The third kappa shape index (κ3) is 1.69. The number of carbonyl (C=O) groups is 1. The number of nitrogens with zero attached hydrogens (tertiary/aromatic N) is 1. The number of nitrogens with one attached hydrogen (secondary N) is 1. The average molecular weight is 250 g/mol. The predicted molar refractivity (Wildman–Crippen MR) is 64.1 cm³/mol. The van der Waals surface area contributed by atoms with E-state index in [1.165, 1.54) is 6.39 Å². The summed E-state index contributed by atoms with van der Waals surface area (Å²) in [4.78, 5) is 15.7. The van der Waals surface area contributed by atoms with Crippen molar-refractivity contribution < 1.29 is 13.9 Å². The fourth-order valence-electron chi connectivity index (χ4n) is 3.18. The van der Waals surface area contributed by atoms with Gasteiger partial charge in [-0.3, -0.25) is 0 Å². The number of amides is 1. The normalized spacial score (nSPS) is 33.3. The van der Waals surface area contributed by atoms with Crippen molar-refractivity contribution in [3.8, 4) is 0 Å². The Morgan fingerprint density at radius 3 is 2.61 bits per heavy atom. The quantitative estimate of drug-likeness (QED) is 0.875. The summed E-state index contributed by atoms with van der Waals surface area (Å²) in [5.74, 6) is 0.940. The van der Waals surface area contributed by atoms with Crippen LogP contribution >= 0.6 is 0 Å². The zero-order valence-corrected chi connectivity index (χ0v) is 10.9. The van der Waals surface area contributed by atoms with Gasteiger partial charge in [0.15, 0.2) is 6.39 Å². The molecule has 3 saturated carbocycles. The highest BCUT2D eigenvalue weighted by Crippen LogP contribution is 2.67. The summed E-state index contributed by atoms with van der Waals surface area (Å²) in [5.41, 5.74) is -0.406. The van der Waals surface area contributed by atoms with Crippen molar-refractivity contribution in [1.29, 1.82) is 0 Å². The molecule has 18 heavy (non-hydrogen) atoms. The van der Waals surface area contributed by atoms with Crippen LogP contribution in [0.25, 0.3) is 0 Å². The maximum absolute atomic E-state index is 11.7. The van der Waals surface area contributed by atoms with Crippen LogP contribution in [0.1, 0.15) is 45.8 Å². The summed E-state index contributed by atoms with van der Waals surface area (Å²) in [6, 6.07) is 0. The Morgan fingerprint density at radius 2 is 2.11 bits per heavy atom. The molecule has 3 aliphatic carbocycles. The zero-order valence-electron chi connectivity index (χ0n) is 10.9. The van der Waals surface area contributed by atoms with E-state index < -0.39 is 5.60 Å². The van der Waals surface area contributed by atoms with Gasteiger partial charge in [-0.25, -0.2) is 9.78 Å². The Labute approximate surface area is 106 Å². The molecule has 5 nitrogen and oxygen atoms in total. The highest BCUT2D eigenvalue weighted by molar-refractivity contribution is 5.70. The van der Waals surface area contributed by atoms with Gasteiger partial charge in [-0.1, -0.05) is 0 Å². The van der Waals surface area contributed by atoms with Crippen molar-refractivity contribution in [3.05, 3.63) is 18.4 Å². The summed E-state index contributed by atoms with van der Waals surface area (Å²) >= 11 is 0. The Hall–Kier alpha value is -1.52. The van der Waals surface area contributed by atoms with E-state index >= 15 is 0 Å². The fourth-order valence-corrected chi connectivity index (χ4v) is 3.18. The van der Waals surface area contributed by atoms with E-state index in [1.807, 2.05) is 20.8 Å². The lowest BCUT2D eigenvalue weighted by Gasteiger charge is -2.69. The van der Waals surface area contributed by atoms with Crippen molar-refractivity contribution in [3.63, 3.8) is 0 Å². The van der Waals surface area contributed by atoms with Gasteiger partial charge in [-0.05, 0) is 40.0 Å². The van der Waals surface area contributed by atoms with E-state index in [9.17, 15) is 4.79 Å². The van der Waals surface area contributed by atoms with Gasteiger partial charge in [-0.15, -0.1) is 0 Å². The smallest absolute Gasteiger partial charge is 0.408 e. The van der Waals surface area contributed by atoms with Crippen molar-refractivity contribution in [2.24, 2.45) is 0 Å². The van der Waals surface area contributed by atoms with Gasteiger partial charge in [0.05, 0.1) is 6.20 Å². The van der Waals surface area contributed by atoms with Crippen LogP contribution in [0, 0.1) is 0 Å². The molecule has 5 heteroatoms. The molecular weight excluding hydrogens is 232 g/mol. The van der Waals surface area contributed by atoms with Gasteiger partial charge < -0.3 is 14.5 Å². The number of ether oxygens (including phenoxy) is 1. The second-order valence-electron chi connectivity index (χ2n) is 6.58. The van der Waals surface area contributed by atoms with Gasteiger partial charge in [0.25, 0.3) is 0 Å². The van der Waals surface area contributed by atoms with Crippen LogP contribution in [0.4, 0.5) is 4.79 Å². The van der Waals surface area contributed by atoms with Crippen LogP contribution in [0.15, 0.2) is 17.0 Å². The molecule has 0 aromatic carbocycles. The molecule has 4 rings (SSSR count). The molecule has 98 valence electrons. The minimum Gasteiger partial charge on any atom is -0.448 e. The Balaban J connectivity index is 1.56. The minimum absolute atomic E-state index is 0.0743. The maximum atomic E-state index is 11.7.